The summed E-state index contributed by atoms with van der Waals surface area (Å²) in [6.45, 7) is 7.48. The number of likely N-dealkylation sites (N-methyl/N-ethyl adjacent to an activating group) is 1. The third kappa shape index (κ3) is 7.73. The number of ether oxygens (including phenoxy) is 2. The van der Waals surface area contributed by atoms with Crippen molar-refractivity contribution in [1.29, 1.82) is 0 Å². The predicted molar refractivity (Wildman–Crippen MR) is 131 cm³/mol. The molecule has 7 heteroatoms. The van der Waals surface area contributed by atoms with Crippen LogP contribution in [0.25, 0.3) is 0 Å². The van der Waals surface area contributed by atoms with E-state index < -0.39 is 0 Å². The van der Waals surface area contributed by atoms with Gasteiger partial charge in [-0.1, -0.05) is 30.3 Å². The zero-order valence-corrected chi connectivity index (χ0v) is 20.3. The molecule has 0 atom stereocenters. The van der Waals surface area contributed by atoms with Gasteiger partial charge in [0.1, 0.15) is 0 Å². The number of benzene rings is 1. The number of hydrogen-bond acceptors (Lipinski definition) is 5. The van der Waals surface area contributed by atoms with Crippen molar-refractivity contribution in [3.8, 4) is 0 Å². The van der Waals surface area contributed by atoms with E-state index in [1.54, 1.807) is 0 Å². The first-order valence-electron chi connectivity index (χ1n) is 12.2. The summed E-state index contributed by atoms with van der Waals surface area (Å²) in [5.74, 6) is 0.868. The van der Waals surface area contributed by atoms with Gasteiger partial charge in [0.05, 0.1) is 6.10 Å². The Kier molecular flexibility index (Phi) is 10.2. The van der Waals surface area contributed by atoms with Gasteiger partial charge in [-0.2, -0.15) is 0 Å². The molecule has 0 bridgehead atoms. The van der Waals surface area contributed by atoms with Gasteiger partial charge < -0.3 is 25.0 Å². The van der Waals surface area contributed by atoms with Crippen molar-refractivity contribution in [1.82, 2.24) is 20.4 Å². The van der Waals surface area contributed by atoms with Gasteiger partial charge in [0.25, 0.3) is 0 Å². The van der Waals surface area contributed by atoms with E-state index in [0.29, 0.717) is 6.10 Å². The highest BCUT2D eigenvalue weighted by Gasteiger charge is 2.34. The van der Waals surface area contributed by atoms with E-state index in [0.717, 1.165) is 90.6 Å². The van der Waals surface area contributed by atoms with Crippen LogP contribution in [0.1, 0.15) is 37.7 Å². The van der Waals surface area contributed by atoms with Crippen molar-refractivity contribution < 1.29 is 9.47 Å². The van der Waals surface area contributed by atoms with Gasteiger partial charge in [-0.25, -0.2) is 0 Å². The average molecular weight is 446 g/mol. The number of guanidine groups is 1. The van der Waals surface area contributed by atoms with Crippen LogP contribution >= 0.6 is 0 Å². The third-order valence-electron chi connectivity index (χ3n) is 6.93. The molecule has 2 N–H and O–H groups in total. The minimum absolute atomic E-state index is 0.133. The molecular weight excluding hydrogens is 402 g/mol. The Balaban J connectivity index is 1.26. The van der Waals surface area contributed by atoms with Crippen LogP contribution in [0.3, 0.4) is 0 Å². The first kappa shape index (κ1) is 25.0. The summed E-state index contributed by atoms with van der Waals surface area (Å²) < 4.78 is 11.7. The molecule has 0 spiro atoms. The van der Waals surface area contributed by atoms with Crippen LogP contribution in [-0.4, -0.2) is 94.5 Å². The van der Waals surface area contributed by atoms with Gasteiger partial charge in [0.2, 0.25) is 0 Å². The molecule has 32 heavy (non-hydrogen) atoms. The summed E-state index contributed by atoms with van der Waals surface area (Å²) in [6, 6.07) is 10.7. The molecule has 3 rings (SSSR count). The molecule has 0 unspecified atom stereocenters. The Hall–Kier alpha value is -1.67. The molecule has 0 radical (unpaired) electrons. The summed E-state index contributed by atoms with van der Waals surface area (Å²) in [5.41, 5.74) is 1.53. The molecule has 2 heterocycles. The zero-order valence-electron chi connectivity index (χ0n) is 20.3. The first-order chi connectivity index (χ1) is 15.6. The highest BCUT2D eigenvalue weighted by Crippen LogP contribution is 2.25. The van der Waals surface area contributed by atoms with Crippen molar-refractivity contribution >= 4 is 5.96 Å². The molecule has 0 aliphatic carbocycles. The lowest BCUT2D eigenvalue weighted by molar-refractivity contribution is -0.00505. The maximum Gasteiger partial charge on any atom is 0.191 e. The number of likely N-dealkylation sites (tertiary alicyclic amines) is 1. The Morgan fingerprint density at radius 1 is 1.16 bits per heavy atom. The van der Waals surface area contributed by atoms with E-state index in [9.17, 15) is 0 Å². The van der Waals surface area contributed by atoms with E-state index in [-0.39, 0.29) is 5.54 Å². The molecule has 180 valence electrons. The summed E-state index contributed by atoms with van der Waals surface area (Å²) >= 11 is 0. The van der Waals surface area contributed by atoms with Gasteiger partial charge in [-0.15, -0.1) is 0 Å². The SMILES string of the molecule is CN=C(NCCCOC1CCN(Cc2ccccc2)CC1)NCC1(N(C)C)CCOCC1. The standard InChI is InChI=1S/C25H43N5O2/c1-26-24(28-21-25(29(2)3)12-18-31-19-13-25)27-14-7-17-32-23-10-15-30(16-11-23)20-22-8-5-4-6-9-22/h4-6,8-9,23H,7,10-21H2,1-3H3,(H2,26,27,28). The lowest BCUT2D eigenvalue weighted by Crippen LogP contribution is -2.57. The van der Waals surface area contributed by atoms with Crippen LogP contribution in [0, 0.1) is 0 Å². The number of rotatable bonds is 10. The summed E-state index contributed by atoms with van der Waals surface area (Å²) in [7, 11) is 6.15. The third-order valence-corrected chi connectivity index (χ3v) is 6.93. The molecule has 2 aliphatic heterocycles. The summed E-state index contributed by atoms with van der Waals surface area (Å²) in [4.78, 5) is 9.25. The lowest BCUT2D eigenvalue weighted by atomic mass is 9.88. The second-order valence-electron chi connectivity index (χ2n) is 9.27. The number of aliphatic imine (C=N–C) groups is 1. The van der Waals surface area contributed by atoms with Crippen LogP contribution < -0.4 is 10.6 Å². The topological polar surface area (TPSA) is 61.4 Å². The molecule has 2 aliphatic rings. The predicted octanol–water partition coefficient (Wildman–Crippen LogP) is 2.33. The van der Waals surface area contributed by atoms with Crippen LogP contribution in [0.15, 0.2) is 35.3 Å². The molecule has 0 amide bonds. The summed E-state index contributed by atoms with van der Waals surface area (Å²) in [5, 5.41) is 6.96. The van der Waals surface area contributed by atoms with Crippen molar-refractivity contribution in [3.63, 3.8) is 0 Å². The van der Waals surface area contributed by atoms with Gasteiger partial charge in [0, 0.05) is 65.1 Å². The maximum atomic E-state index is 6.15. The molecule has 2 saturated heterocycles. The molecule has 0 saturated carbocycles. The van der Waals surface area contributed by atoms with Crippen LogP contribution in [0.2, 0.25) is 0 Å². The molecular formula is C25H43N5O2. The van der Waals surface area contributed by atoms with Crippen LogP contribution in [-0.2, 0) is 16.0 Å². The number of nitrogens with zero attached hydrogens (tertiary/aromatic N) is 3. The van der Waals surface area contributed by atoms with Gasteiger partial charge >= 0.3 is 0 Å². The monoisotopic (exact) mass is 445 g/mol. The highest BCUT2D eigenvalue weighted by molar-refractivity contribution is 5.79. The molecule has 2 fully saturated rings. The van der Waals surface area contributed by atoms with E-state index in [1.807, 2.05) is 7.05 Å². The van der Waals surface area contributed by atoms with Crippen molar-refractivity contribution in [2.24, 2.45) is 4.99 Å². The van der Waals surface area contributed by atoms with E-state index in [4.69, 9.17) is 9.47 Å². The minimum Gasteiger partial charge on any atom is -0.381 e. The molecule has 1 aromatic carbocycles. The van der Waals surface area contributed by atoms with E-state index in [1.165, 1.54) is 5.56 Å². The maximum absolute atomic E-state index is 6.15. The summed E-state index contributed by atoms with van der Waals surface area (Å²) in [6.07, 6.45) is 5.72. The number of hydrogen-bond donors (Lipinski definition) is 2. The van der Waals surface area contributed by atoms with Gasteiger partial charge in [-0.05, 0) is 51.8 Å². The quantitative estimate of drug-likeness (QED) is 0.328. The largest absolute Gasteiger partial charge is 0.381 e. The fourth-order valence-corrected chi connectivity index (χ4v) is 4.61. The van der Waals surface area contributed by atoms with E-state index >= 15 is 0 Å². The lowest BCUT2D eigenvalue weighted by Gasteiger charge is -2.43. The second-order valence-corrected chi connectivity index (χ2v) is 9.27. The van der Waals surface area contributed by atoms with E-state index in [2.05, 4.69) is 69.9 Å². The molecule has 1 aromatic rings. The molecule has 0 aromatic heterocycles. The van der Waals surface area contributed by atoms with Crippen LogP contribution in [0.5, 0.6) is 0 Å². The van der Waals surface area contributed by atoms with Crippen LogP contribution in [0.4, 0.5) is 0 Å². The van der Waals surface area contributed by atoms with Crippen molar-refractivity contribution in [3.05, 3.63) is 35.9 Å². The van der Waals surface area contributed by atoms with Crippen molar-refractivity contribution in [2.45, 2.75) is 50.3 Å². The van der Waals surface area contributed by atoms with Gasteiger partial charge in [-0.3, -0.25) is 9.89 Å². The zero-order chi connectivity index (χ0) is 22.7. The average Bonchev–Trinajstić information content (AvgIpc) is 2.83. The molecule has 7 nitrogen and oxygen atoms in total. The second kappa shape index (κ2) is 13.1. The smallest absolute Gasteiger partial charge is 0.191 e. The fourth-order valence-electron chi connectivity index (χ4n) is 4.61. The Morgan fingerprint density at radius 3 is 2.53 bits per heavy atom. The minimum atomic E-state index is 0.133. The number of piperidine rings is 1. The first-order valence-corrected chi connectivity index (χ1v) is 12.2. The Bertz CT molecular complexity index is 668. The number of nitrogens with one attached hydrogen (secondary N) is 2. The fraction of sp³-hybridized carbons (Fsp3) is 0.720. The Morgan fingerprint density at radius 2 is 1.88 bits per heavy atom. The van der Waals surface area contributed by atoms with Crippen molar-refractivity contribution in [2.75, 3.05) is 67.1 Å². The Labute approximate surface area is 194 Å². The normalized spacial score (nSPS) is 20.4. The van der Waals surface area contributed by atoms with Gasteiger partial charge in [0.15, 0.2) is 5.96 Å². The highest BCUT2D eigenvalue weighted by atomic mass is 16.5.